The molecular weight excluding hydrogens is 508 g/mol. The van der Waals surface area contributed by atoms with Crippen molar-refractivity contribution in [3.8, 4) is 5.75 Å². The molecule has 0 atom stereocenters. The Morgan fingerprint density at radius 1 is 1.14 bits per heavy atom. The van der Waals surface area contributed by atoms with Gasteiger partial charge >= 0.3 is 12.0 Å². The molecule has 2 aromatic rings. The van der Waals surface area contributed by atoms with Gasteiger partial charge in [-0.05, 0) is 61.2 Å². The molecule has 1 saturated heterocycles. The predicted octanol–water partition coefficient (Wildman–Crippen LogP) is 3.86. The van der Waals surface area contributed by atoms with Crippen LogP contribution in [-0.4, -0.2) is 36.5 Å². The van der Waals surface area contributed by atoms with E-state index in [1.54, 1.807) is 18.2 Å². The van der Waals surface area contributed by atoms with Crippen molar-refractivity contribution >= 4 is 55.8 Å². The van der Waals surface area contributed by atoms with Gasteiger partial charge in [-0.1, -0.05) is 30.3 Å². The van der Waals surface area contributed by atoms with Crippen LogP contribution in [-0.2, 0) is 20.9 Å². The van der Waals surface area contributed by atoms with Crippen molar-refractivity contribution in [1.82, 2.24) is 10.2 Å². The molecule has 0 bridgehead atoms. The van der Waals surface area contributed by atoms with Crippen molar-refractivity contribution in [2.45, 2.75) is 6.54 Å². The van der Waals surface area contributed by atoms with E-state index in [0.717, 1.165) is 10.5 Å². The van der Waals surface area contributed by atoms with Gasteiger partial charge in [-0.2, -0.15) is 0 Å². The molecule has 0 aromatic heterocycles. The fourth-order valence-corrected chi connectivity index (χ4v) is 4.09. The van der Waals surface area contributed by atoms with Crippen LogP contribution >= 0.6 is 31.9 Å². The minimum absolute atomic E-state index is 0.174. The number of esters is 1. The first-order chi connectivity index (χ1) is 13.9. The normalized spacial score (nSPS) is 14.9. The maximum Gasteiger partial charge on any atom is 0.343 e. The molecule has 1 heterocycles. The fraction of sp³-hybridized carbons (Fsp3) is 0.150. The van der Waals surface area contributed by atoms with Crippen LogP contribution in [0, 0.1) is 0 Å². The van der Waals surface area contributed by atoms with Crippen LogP contribution in [0.4, 0.5) is 4.79 Å². The van der Waals surface area contributed by atoms with Crippen LogP contribution in [0.5, 0.6) is 5.75 Å². The molecule has 150 valence electrons. The van der Waals surface area contributed by atoms with Gasteiger partial charge in [-0.15, -0.1) is 0 Å². The number of imide groups is 1. The lowest BCUT2D eigenvalue weighted by molar-refractivity contribution is -0.143. The zero-order chi connectivity index (χ0) is 21.0. The van der Waals surface area contributed by atoms with Gasteiger partial charge in [0, 0.05) is 0 Å². The van der Waals surface area contributed by atoms with Crippen LogP contribution in [0.3, 0.4) is 0 Å². The van der Waals surface area contributed by atoms with Crippen LogP contribution in [0.1, 0.15) is 11.1 Å². The molecule has 3 amide bonds. The van der Waals surface area contributed by atoms with E-state index in [-0.39, 0.29) is 18.8 Å². The molecule has 7 nitrogen and oxygen atoms in total. The first-order valence-corrected chi connectivity index (χ1v) is 10.0. The predicted molar refractivity (Wildman–Crippen MR) is 113 cm³/mol. The number of amides is 3. The van der Waals surface area contributed by atoms with E-state index in [1.807, 2.05) is 30.3 Å². The highest BCUT2D eigenvalue weighted by atomic mass is 79.9. The first-order valence-electron chi connectivity index (χ1n) is 8.46. The summed E-state index contributed by atoms with van der Waals surface area (Å²) in [6.07, 6.45) is 1.57. The Hall–Kier alpha value is -2.65. The molecule has 1 N–H and O–H groups in total. The van der Waals surface area contributed by atoms with Crippen LogP contribution in [0.25, 0.3) is 6.08 Å². The van der Waals surface area contributed by atoms with Crippen LogP contribution < -0.4 is 10.1 Å². The van der Waals surface area contributed by atoms with Crippen molar-refractivity contribution in [2.75, 3.05) is 13.7 Å². The molecular formula is C20H16Br2N2O5. The van der Waals surface area contributed by atoms with Crippen molar-refractivity contribution in [3.05, 3.63) is 68.2 Å². The lowest BCUT2D eigenvalue weighted by atomic mass is 10.1. The molecule has 29 heavy (non-hydrogen) atoms. The number of halogens is 2. The highest BCUT2D eigenvalue weighted by Gasteiger charge is 2.33. The van der Waals surface area contributed by atoms with E-state index >= 15 is 0 Å². The molecule has 2 aromatic carbocycles. The second-order valence-electron chi connectivity index (χ2n) is 6.04. The molecule has 0 spiro atoms. The van der Waals surface area contributed by atoms with Crippen molar-refractivity contribution in [3.63, 3.8) is 0 Å². The molecule has 0 aliphatic carbocycles. The minimum Gasteiger partial charge on any atom is -0.480 e. The number of carbonyl (C=O) groups is 3. The summed E-state index contributed by atoms with van der Waals surface area (Å²) in [5, 5.41) is 2.60. The van der Waals surface area contributed by atoms with Gasteiger partial charge in [-0.3, -0.25) is 9.69 Å². The summed E-state index contributed by atoms with van der Waals surface area (Å²) in [5.41, 5.74) is 1.68. The SMILES string of the molecule is COC(=O)COc1c(Br)cc(/C=C2/NC(=O)N(Cc3ccccc3)C2=O)cc1Br. The summed E-state index contributed by atoms with van der Waals surface area (Å²) in [6, 6.07) is 12.2. The molecule has 0 saturated carbocycles. The van der Waals surface area contributed by atoms with Gasteiger partial charge in [-0.25, -0.2) is 9.59 Å². The topological polar surface area (TPSA) is 84.9 Å². The number of ether oxygens (including phenoxy) is 2. The summed E-state index contributed by atoms with van der Waals surface area (Å²) in [5.74, 6) is -0.491. The summed E-state index contributed by atoms with van der Waals surface area (Å²) in [4.78, 5) is 37.3. The molecule has 3 rings (SSSR count). The van der Waals surface area contributed by atoms with Crippen molar-refractivity contribution in [1.29, 1.82) is 0 Å². The van der Waals surface area contributed by atoms with E-state index < -0.39 is 17.9 Å². The Morgan fingerprint density at radius 2 is 1.79 bits per heavy atom. The quantitative estimate of drug-likeness (QED) is 0.353. The lowest BCUT2D eigenvalue weighted by Gasteiger charge is -2.11. The summed E-state index contributed by atoms with van der Waals surface area (Å²) in [7, 11) is 1.28. The molecule has 0 unspecified atom stereocenters. The number of rotatable bonds is 6. The highest BCUT2D eigenvalue weighted by molar-refractivity contribution is 9.11. The standard InChI is InChI=1S/C20H16Br2N2O5/c1-28-17(25)11-29-18-14(21)7-13(8-15(18)22)9-16-19(26)24(20(27)23-16)10-12-5-3-2-4-6-12/h2-9H,10-11H2,1H3,(H,23,27)/b16-9+. The van der Waals surface area contributed by atoms with Gasteiger partial charge in [0.1, 0.15) is 11.4 Å². The van der Waals surface area contributed by atoms with Gasteiger partial charge in [0.15, 0.2) is 6.61 Å². The number of methoxy groups -OCH3 is 1. The number of benzene rings is 2. The third kappa shape index (κ3) is 5.04. The van der Waals surface area contributed by atoms with Gasteiger partial charge in [0.2, 0.25) is 0 Å². The number of carbonyl (C=O) groups excluding carboxylic acids is 3. The van der Waals surface area contributed by atoms with E-state index in [4.69, 9.17) is 4.74 Å². The second kappa shape index (κ2) is 9.23. The number of nitrogens with one attached hydrogen (secondary N) is 1. The van der Waals surface area contributed by atoms with Gasteiger partial charge < -0.3 is 14.8 Å². The van der Waals surface area contributed by atoms with Crippen molar-refractivity contribution in [2.24, 2.45) is 0 Å². The maximum atomic E-state index is 12.6. The van der Waals surface area contributed by atoms with E-state index in [9.17, 15) is 14.4 Å². The fourth-order valence-electron chi connectivity index (χ4n) is 2.64. The van der Waals surface area contributed by atoms with E-state index in [2.05, 4.69) is 41.9 Å². The summed E-state index contributed by atoms with van der Waals surface area (Å²) >= 11 is 6.77. The number of nitrogens with zero attached hydrogens (tertiary/aromatic N) is 1. The molecule has 1 aliphatic heterocycles. The van der Waals surface area contributed by atoms with Gasteiger partial charge in [0.05, 0.1) is 22.6 Å². The Labute approximate surface area is 183 Å². The summed E-state index contributed by atoms with van der Waals surface area (Å²) < 4.78 is 11.1. The Bertz CT molecular complexity index is 969. The average molecular weight is 524 g/mol. The third-order valence-corrected chi connectivity index (χ3v) is 5.22. The molecule has 1 fully saturated rings. The Morgan fingerprint density at radius 3 is 2.41 bits per heavy atom. The van der Waals surface area contributed by atoms with E-state index in [0.29, 0.717) is 20.3 Å². The second-order valence-corrected chi connectivity index (χ2v) is 7.75. The van der Waals surface area contributed by atoms with Crippen LogP contribution in [0.2, 0.25) is 0 Å². The van der Waals surface area contributed by atoms with Gasteiger partial charge in [0.25, 0.3) is 5.91 Å². The largest absolute Gasteiger partial charge is 0.480 e. The zero-order valence-corrected chi connectivity index (χ0v) is 18.4. The smallest absolute Gasteiger partial charge is 0.343 e. The molecule has 0 radical (unpaired) electrons. The number of hydrogen-bond donors (Lipinski definition) is 1. The van der Waals surface area contributed by atoms with Crippen LogP contribution in [0.15, 0.2) is 57.1 Å². The van der Waals surface area contributed by atoms with E-state index in [1.165, 1.54) is 7.11 Å². The average Bonchev–Trinajstić information content (AvgIpc) is 2.95. The number of hydrogen-bond acceptors (Lipinski definition) is 5. The first kappa shape index (κ1) is 21.1. The molecule has 9 heteroatoms. The Balaban J connectivity index is 1.78. The van der Waals surface area contributed by atoms with Crippen molar-refractivity contribution < 1.29 is 23.9 Å². The maximum absolute atomic E-state index is 12.6. The monoisotopic (exact) mass is 522 g/mol. The zero-order valence-electron chi connectivity index (χ0n) is 15.3. The molecule has 1 aliphatic rings. The minimum atomic E-state index is -0.507. The summed E-state index contributed by atoms with van der Waals surface area (Å²) in [6.45, 7) is -0.0479. The Kier molecular flexibility index (Phi) is 6.71. The third-order valence-electron chi connectivity index (χ3n) is 4.04. The highest BCUT2D eigenvalue weighted by Crippen LogP contribution is 2.35. The lowest BCUT2D eigenvalue weighted by Crippen LogP contribution is -2.30. The number of urea groups is 1.